The predicted octanol–water partition coefficient (Wildman–Crippen LogP) is 4.80. The van der Waals surface area contributed by atoms with Gasteiger partial charge in [0.1, 0.15) is 5.54 Å². The zero-order valence-corrected chi connectivity index (χ0v) is 20.3. The van der Waals surface area contributed by atoms with E-state index in [0.717, 1.165) is 14.9 Å². The average molecular weight is 550 g/mol. The number of rotatable bonds is 7. The molecule has 1 saturated heterocycles. The van der Waals surface area contributed by atoms with Crippen molar-refractivity contribution in [2.24, 2.45) is 0 Å². The van der Waals surface area contributed by atoms with Crippen molar-refractivity contribution in [2.75, 3.05) is 17.2 Å². The zero-order chi connectivity index (χ0) is 23.0. The van der Waals surface area contributed by atoms with Gasteiger partial charge in [-0.25, -0.2) is 9.69 Å². The topological polar surface area (TPSA) is 95.0 Å². The molecule has 166 valence electrons. The largest absolute Gasteiger partial charge is 0.332 e. The fourth-order valence-electron chi connectivity index (χ4n) is 3.59. The number of urea groups is 1. The number of hydrogen-bond donors (Lipinski definition) is 1. The van der Waals surface area contributed by atoms with Gasteiger partial charge >= 0.3 is 6.03 Å². The maximum Gasteiger partial charge on any atom is 0.332 e. The standard InChI is InChI=1S/C20H19BrCl2N2O5S/c1-20(12-13-3-5-14(21)6-4-13)18(26)25(17-10-15(22)9-16(23)11-17)19(27)24(20)7-2-8-31(28,29)30/h3-6,9-11H,2,7-8,12H2,1H3,(H,28,29,30)/t20-/m1/s1. The molecule has 3 amide bonds. The van der Waals surface area contributed by atoms with Gasteiger partial charge in [-0.1, -0.05) is 51.3 Å². The lowest BCUT2D eigenvalue weighted by Crippen LogP contribution is -2.49. The molecule has 0 spiro atoms. The molecule has 0 saturated carbocycles. The first-order chi connectivity index (χ1) is 14.4. The quantitative estimate of drug-likeness (QED) is 0.395. The molecular formula is C20H19BrCl2N2O5S. The van der Waals surface area contributed by atoms with Crippen LogP contribution >= 0.6 is 39.1 Å². The summed E-state index contributed by atoms with van der Waals surface area (Å²) in [4.78, 5) is 29.1. The van der Waals surface area contributed by atoms with Crippen LogP contribution in [-0.4, -0.2) is 47.6 Å². The number of carbonyl (C=O) groups is 2. The Balaban J connectivity index is 1.99. The summed E-state index contributed by atoms with van der Waals surface area (Å²) in [6, 6.07) is 11.1. The molecule has 0 unspecified atom stereocenters. The van der Waals surface area contributed by atoms with E-state index in [1.807, 2.05) is 24.3 Å². The number of halogens is 3. The predicted molar refractivity (Wildman–Crippen MR) is 123 cm³/mol. The van der Waals surface area contributed by atoms with Crippen molar-refractivity contribution >= 4 is 66.9 Å². The number of nitrogens with zero attached hydrogens (tertiary/aromatic N) is 2. The highest BCUT2D eigenvalue weighted by molar-refractivity contribution is 9.10. The van der Waals surface area contributed by atoms with Crippen LogP contribution < -0.4 is 4.90 Å². The van der Waals surface area contributed by atoms with Crippen LogP contribution in [0, 0.1) is 0 Å². The van der Waals surface area contributed by atoms with Gasteiger partial charge in [0.2, 0.25) is 0 Å². The molecule has 1 aliphatic rings. The normalized spacial score (nSPS) is 19.4. The third kappa shape index (κ3) is 5.40. The highest BCUT2D eigenvalue weighted by Crippen LogP contribution is 2.37. The molecule has 3 rings (SSSR count). The van der Waals surface area contributed by atoms with Gasteiger partial charge in [-0.3, -0.25) is 9.35 Å². The van der Waals surface area contributed by atoms with Crippen molar-refractivity contribution in [3.8, 4) is 0 Å². The number of anilines is 1. The average Bonchev–Trinajstić information content (AvgIpc) is 2.82. The molecule has 11 heteroatoms. The molecule has 1 aliphatic heterocycles. The van der Waals surface area contributed by atoms with Crippen LogP contribution in [0.2, 0.25) is 10.0 Å². The van der Waals surface area contributed by atoms with Crippen LogP contribution in [0.5, 0.6) is 0 Å². The van der Waals surface area contributed by atoms with Crippen LogP contribution in [0.3, 0.4) is 0 Å². The molecular weight excluding hydrogens is 531 g/mol. The molecule has 0 aliphatic carbocycles. The summed E-state index contributed by atoms with van der Waals surface area (Å²) in [5.74, 6) is -1.01. The van der Waals surface area contributed by atoms with Crippen LogP contribution in [0.4, 0.5) is 10.5 Å². The first kappa shape index (κ1) is 24.0. The zero-order valence-electron chi connectivity index (χ0n) is 16.4. The molecule has 1 atom stereocenters. The van der Waals surface area contributed by atoms with Gasteiger partial charge in [-0.05, 0) is 49.2 Å². The molecule has 31 heavy (non-hydrogen) atoms. The summed E-state index contributed by atoms with van der Waals surface area (Å²) in [5.41, 5.74) is -0.233. The summed E-state index contributed by atoms with van der Waals surface area (Å²) >= 11 is 15.5. The molecule has 1 fully saturated rings. The second-order valence-electron chi connectivity index (χ2n) is 7.42. The highest BCUT2D eigenvalue weighted by Gasteiger charge is 2.54. The van der Waals surface area contributed by atoms with E-state index >= 15 is 0 Å². The Morgan fingerprint density at radius 2 is 1.65 bits per heavy atom. The third-order valence-corrected chi connectivity index (χ3v) is 6.80. The Morgan fingerprint density at radius 3 is 2.19 bits per heavy atom. The van der Waals surface area contributed by atoms with Crippen LogP contribution in [0.25, 0.3) is 0 Å². The molecule has 0 radical (unpaired) electrons. The minimum atomic E-state index is -4.20. The van der Waals surface area contributed by atoms with E-state index in [2.05, 4.69) is 15.9 Å². The van der Waals surface area contributed by atoms with E-state index < -0.39 is 33.3 Å². The maximum atomic E-state index is 13.5. The van der Waals surface area contributed by atoms with E-state index in [1.54, 1.807) is 6.92 Å². The van der Waals surface area contributed by atoms with Crippen molar-refractivity contribution in [3.63, 3.8) is 0 Å². The first-order valence-corrected chi connectivity index (χ1v) is 12.4. The van der Waals surface area contributed by atoms with E-state index in [1.165, 1.54) is 23.1 Å². The van der Waals surface area contributed by atoms with Gasteiger partial charge in [0.25, 0.3) is 16.0 Å². The van der Waals surface area contributed by atoms with Crippen molar-refractivity contribution in [2.45, 2.75) is 25.3 Å². The number of benzene rings is 2. The van der Waals surface area contributed by atoms with Gasteiger partial charge < -0.3 is 4.90 Å². The maximum absolute atomic E-state index is 13.5. The number of imide groups is 1. The van der Waals surface area contributed by atoms with E-state index in [0.29, 0.717) is 0 Å². The molecule has 0 aromatic heterocycles. The van der Waals surface area contributed by atoms with Crippen LogP contribution in [-0.2, 0) is 21.3 Å². The van der Waals surface area contributed by atoms with Gasteiger partial charge in [-0.2, -0.15) is 8.42 Å². The van der Waals surface area contributed by atoms with Gasteiger partial charge in [0.05, 0.1) is 11.4 Å². The lowest BCUT2D eigenvalue weighted by Gasteiger charge is -2.31. The summed E-state index contributed by atoms with van der Waals surface area (Å²) in [7, 11) is -4.20. The first-order valence-electron chi connectivity index (χ1n) is 9.22. The van der Waals surface area contributed by atoms with Gasteiger partial charge in [0, 0.05) is 27.5 Å². The highest BCUT2D eigenvalue weighted by atomic mass is 79.9. The van der Waals surface area contributed by atoms with Crippen LogP contribution in [0.1, 0.15) is 18.9 Å². The lowest BCUT2D eigenvalue weighted by molar-refractivity contribution is -0.124. The minimum absolute atomic E-state index is 0.0298. The van der Waals surface area contributed by atoms with E-state index in [-0.39, 0.29) is 35.1 Å². The number of carbonyl (C=O) groups excluding carboxylic acids is 2. The smallest absolute Gasteiger partial charge is 0.309 e. The van der Waals surface area contributed by atoms with Crippen molar-refractivity contribution < 1.29 is 22.6 Å². The minimum Gasteiger partial charge on any atom is -0.309 e. The Morgan fingerprint density at radius 1 is 1.06 bits per heavy atom. The molecule has 0 bridgehead atoms. The SMILES string of the molecule is C[C@@]1(Cc2ccc(Br)cc2)C(=O)N(c2cc(Cl)cc(Cl)c2)C(=O)N1CCCS(=O)(=O)O. The Bertz CT molecular complexity index is 1110. The summed E-state index contributed by atoms with van der Waals surface area (Å²) in [6.45, 7) is 1.59. The monoisotopic (exact) mass is 548 g/mol. The Labute approximate surface area is 198 Å². The van der Waals surface area contributed by atoms with E-state index in [9.17, 15) is 18.0 Å². The number of amides is 3. The molecule has 7 nitrogen and oxygen atoms in total. The summed E-state index contributed by atoms with van der Waals surface area (Å²) in [5, 5.41) is 0.532. The third-order valence-electron chi connectivity index (χ3n) is 5.03. The summed E-state index contributed by atoms with van der Waals surface area (Å²) in [6.07, 6.45) is 0.180. The van der Waals surface area contributed by atoms with Crippen LogP contribution in [0.15, 0.2) is 46.9 Å². The van der Waals surface area contributed by atoms with Gasteiger partial charge in [0.15, 0.2) is 0 Å². The fourth-order valence-corrected chi connectivity index (χ4v) is 4.86. The van der Waals surface area contributed by atoms with Crippen molar-refractivity contribution in [3.05, 3.63) is 62.5 Å². The Hall–Kier alpha value is -1.65. The number of hydrogen-bond acceptors (Lipinski definition) is 4. The van der Waals surface area contributed by atoms with Gasteiger partial charge in [-0.15, -0.1) is 0 Å². The molecule has 1 N–H and O–H groups in total. The molecule has 2 aromatic rings. The fraction of sp³-hybridized carbons (Fsp3) is 0.300. The second kappa shape index (κ2) is 9.07. The summed E-state index contributed by atoms with van der Waals surface area (Å²) < 4.78 is 32.2. The Kier molecular flexibility index (Phi) is 7.02. The van der Waals surface area contributed by atoms with Crippen molar-refractivity contribution in [1.29, 1.82) is 0 Å². The molecule has 1 heterocycles. The van der Waals surface area contributed by atoms with Crippen molar-refractivity contribution in [1.82, 2.24) is 4.90 Å². The lowest BCUT2D eigenvalue weighted by atomic mass is 9.91. The molecule has 2 aromatic carbocycles. The van der Waals surface area contributed by atoms with E-state index in [4.69, 9.17) is 27.8 Å². The second-order valence-corrected chi connectivity index (χ2v) is 10.8.